The molecule has 0 radical (unpaired) electrons. The van der Waals surface area contributed by atoms with Gasteiger partial charge in [0, 0.05) is 24.2 Å². The van der Waals surface area contributed by atoms with Crippen molar-refractivity contribution >= 4 is 40.6 Å². The van der Waals surface area contributed by atoms with E-state index in [4.69, 9.17) is 29.6 Å². The Kier molecular flexibility index (Phi) is 4.25. The monoisotopic (exact) mass is 311 g/mol. The van der Waals surface area contributed by atoms with Crippen LogP contribution in [0.15, 0.2) is 18.2 Å². The molecule has 1 heterocycles. The predicted octanol–water partition coefficient (Wildman–Crippen LogP) is 0.775. The number of amides is 2. The number of rotatable bonds is 3. The Morgan fingerprint density at radius 2 is 2.05 bits per heavy atom. The zero-order valence-electron chi connectivity index (χ0n) is 10.9. The number of carbonyl (C=O) groups excluding carboxylic acids is 2. The number of carbonyl (C=O) groups is 2. The Bertz CT molecular complexity index is 591. The van der Waals surface area contributed by atoms with E-state index in [0.29, 0.717) is 17.1 Å². The standard InChI is InChI=1S/C13H14ClN3O2S/c1-16-6-12(19)17(7-11(16)18)5-9-3-2-8(13(15)20)4-10(9)14/h2-4H,5-7H2,1H3,(H2,15,20). The number of benzene rings is 1. The molecule has 0 saturated carbocycles. The van der Waals surface area contributed by atoms with Crippen molar-refractivity contribution in [2.45, 2.75) is 6.54 Å². The van der Waals surface area contributed by atoms with E-state index in [2.05, 4.69) is 0 Å². The summed E-state index contributed by atoms with van der Waals surface area (Å²) >= 11 is 11.0. The molecule has 20 heavy (non-hydrogen) atoms. The van der Waals surface area contributed by atoms with Gasteiger partial charge in [0.25, 0.3) is 0 Å². The molecule has 0 spiro atoms. The zero-order chi connectivity index (χ0) is 14.9. The summed E-state index contributed by atoms with van der Waals surface area (Å²) in [4.78, 5) is 26.7. The molecule has 2 amide bonds. The fraction of sp³-hybridized carbons (Fsp3) is 0.308. The lowest BCUT2D eigenvalue weighted by molar-refractivity contribution is -0.149. The lowest BCUT2D eigenvalue weighted by Crippen LogP contribution is -2.51. The summed E-state index contributed by atoms with van der Waals surface area (Å²) < 4.78 is 0. The van der Waals surface area contributed by atoms with Crippen LogP contribution in [0, 0.1) is 0 Å². The first kappa shape index (κ1) is 14.7. The van der Waals surface area contributed by atoms with E-state index < -0.39 is 0 Å². The number of piperazine rings is 1. The minimum Gasteiger partial charge on any atom is -0.389 e. The van der Waals surface area contributed by atoms with Gasteiger partial charge in [-0.15, -0.1) is 0 Å². The van der Waals surface area contributed by atoms with Gasteiger partial charge in [0.05, 0.1) is 6.54 Å². The molecule has 1 aliphatic heterocycles. The maximum Gasteiger partial charge on any atom is 0.242 e. The Balaban J connectivity index is 2.16. The minimum atomic E-state index is -0.0958. The molecule has 2 N–H and O–H groups in total. The number of halogens is 1. The second-order valence-corrected chi connectivity index (χ2v) is 5.52. The highest BCUT2D eigenvalue weighted by Gasteiger charge is 2.27. The number of hydrogen-bond donors (Lipinski definition) is 1. The van der Waals surface area contributed by atoms with E-state index >= 15 is 0 Å². The molecular formula is C13H14ClN3O2S. The number of thiocarbonyl (C=S) groups is 1. The van der Waals surface area contributed by atoms with Crippen LogP contribution < -0.4 is 5.73 Å². The number of nitrogens with two attached hydrogens (primary N) is 1. The quantitative estimate of drug-likeness (QED) is 0.838. The molecule has 5 nitrogen and oxygen atoms in total. The van der Waals surface area contributed by atoms with E-state index in [1.54, 1.807) is 25.2 Å². The van der Waals surface area contributed by atoms with Crippen molar-refractivity contribution in [1.29, 1.82) is 0 Å². The number of hydrogen-bond acceptors (Lipinski definition) is 3. The Hall–Kier alpha value is -1.66. The van der Waals surface area contributed by atoms with Gasteiger partial charge in [-0.2, -0.15) is 0 Å². The van der Waals surface area contributed by atoms with Gasteiger partial charge in [0.1, 0.15) is 11.5 Å². The fourth-order valence-electron chi connectivity index (χ4n) is 1.94. The molecule has 0 bridgehead atoms. The molecule has 1 aliphatic rings. The summed E-state index contributed by atoms with van der Waals surface area (Å²) in [7, 11) is 1.61. The van der Waals surface area contributed by atoms with Crippen molar-refractivity contribution in [3.8, 4) is 0 Å². The van der Waals surface area contributed by atoms with Crippen molar-refractivity contribution in [2.24, 2.45) is 5.73 Å². The Labute approximate surface area is 127 Å². The van der Waals surface area contributed by atoms with Crippen molar-refractivity contribution < 1.29 is 9.59 Å². The second-order valence-electron chi connectivity index (χ2n) is 4.67. The molecule has 2 rings (SSSR count). The van der Waals surface area contributed by atoms with E-state index in [1.165, 1.54) is 9.80 Å². The molecule has 1 aromatic rings. The summed E-state index contributed by atoms with van der Waals surface area (Å²) in [6, 6.07) is 5.19. The predicted molar refractivity (Wildman–Crippen MR) is 80.4 cm³/mol. The van der Waals surface area contributed by atoms with Crippen LogP contribution in [0.2, 0.25) is 5.02 Å². The summed E-state index contributed by atoms with van der Waals surface area (Å²) in [6.45, 7) is 0.471. The molecule has 1 fully saturated rings. The molecule has 1 saturated heterocycles. The average Bonchev–Trinajstić information content (AvgIpc) is 2.37. The van der Waals surface area contributed by atoms with Crippen LogP contribution >= 0.6 is 23.8 Å². The van der Waals surface area contributed by atoms with Crippen LogP contribution in [-0.4, -0.2) is 46.7 Å². The highest BCUT2D eigenvalue weighted by Crippen LogP contribution is 2.20. The lowest BCUT2D eigenvalue weighted by atomic mass is 10.1. The van der Waals surface area contributed by atoms with Crippen LogP contribution in [0.4, 0.5) is 0 Å². The van der Waals surface area contributed by atoms with Crippen molar-refractivity contribution in [3.63, 3.8) is 0 Å². The second kappa shape index (κ2) is 5.76. The molecular weight excluding hydrogens is 298 g/mol. The third-order valence-corrected chi connectivity index (χ3v) is 3.76. The first-order valence-corrected chi connectivity index (χ1v) is 6.77. The van der Waals surface area contributed by atoms with Gasteiger partial charge in [-0.3, -0.25) is 9.59 Å². The fourth-order valence-corrected chi connectivity index (χ4v) is 2.31. The van der Waals surface area contributed by atoms with Gasteiger partial charge in [0.2, 0.25) is 11.8 Å². The smallest absolute Gasteiger partial charge is 0.242 e. The van der Waals surface area contributed by atoms with Crippen molar-refractivity contribution in [3.05, 3.63) is 34.3 Å². The normalized spacial score (nSPS) is 15.7. The van der Waals surface area contributed by atoms with Gasteiger partial charge < -0.3 is 15.5 Å². The maximum atomic E-state index is 11.9. The summed E-state index contributed by atoms with van der Waals surface area (Å²) in [5, 5.41) is 0.481. The van der Waals surface area contributed by atoms with E-state index in [-0.39, 0.29) is 29.9 Å². The van der Waals surface area contributed by atoms with E-state index in [0.717, 1.165) is 5.56 Å². The maximum absolute atomic E-state index is 11.9. The highest BCUT2D eigenvalue weighted by atomic mass is 35.5. The largest absolute Gasteiger partial charge is 0.389 e. The summed E-state index contributed by atoms with van der Waals surface area (Å²) in [5.41, 5.74) is 6.97. The topological polar surface area (TPSA) is 66.6 Å². The van der Waals surface area contributed by atoms with Gasteiger partial charge in [0.15, 0.2) is 0 Å². The van der Waals surface area contributed by atoms with Crippen molar-refractivity contribution in [1.82, 2.24) is 9.80 Å². The van der Waals surface area contributed by atoms with Gasteiger partial charge in [-0.05, 0) is 11.6 Å². The number of nitrogens with zero attached hydrogens (tertiary/aromatic N) is 2. The molecule has 0 atom stereocenters. The SMILES string of the molecule is CN1CC(=O)N(Cc2ccc(C(N)=S)cc2Cl)CC1=O. The van der Waals surface area contributed by atoms with Crippen LogP contribution in [0.5, 0.6) is 0 Å². The first-order chi connectivity index (χ1) is 9.38. The van der Waals surface area contributed by atoms with Gasteiger partial charge in [-0.1, -0.05) is 36.0 Å². The minimum absolute atomic E-state index is 0.0721. The summed E-state index contributed by atoms with van der Waals surface area (Å²) in [5.74, 6) is -0.179. The van der Waals surface area contributed by atoms with Crippen LogP contribution in [-0.2, 0) is 16.1 Å². The molecule has 0 aromatic heterocycles. The van der Waals surface area contributed by atoms with Gasteiger partial charge >= 0.3 is 0 Å². The summed E-state index contributed by atoms with van der Waals surface area (Å²) in [6.07, 6.45) is 0. The van der Waals surface area contributed by atoms with Crippen LogP contribution in [0.1, 0.15) is 11.1 Å². The van der Waals surface area contributed by atoms with E-state index in [9.17, 15) is 9.59 Å². The Morgan fingerprint density at radius 3 is 2.65 bits per heavy atom. The Morgan fingerprint density at radius 1 is 1.35 bits per heavy atom. The third-order valence-electron chi connectivity index (χ3n) is 3.18. The molecule has 0 aliphatic carbocycles. The zero-order valence-corrected chi connectivity index (χ0v) is 12.5. The first-order valence-electron chi connectivity index (χ1n) is 5.98. The molecule has 0 unspecified atom stereocenters. The van der Waals surface area contributed by atoms with Crippen LogP contribution in [0.25, 0.3) is 0 Å². The van der Waals surface area contributed by atoms with E-state index in [1.807, 2.05) is 0 Å². The lowest BCUT2D eigenvalue weighted by Gasteiger charge is -2.31. The third kappa shape index (κ3) is 3.08. The molecule has 7 heteroatoms. The van der Waals surface area contributed by atoms with Crippen molar-refractivity contribution in [2.75, 3.05) is 20.1 Å². The van der Waals surface area contributed by atoms with Gasteiger partial charge in [-0.25, -0.2) is 0 Å². The molecule has 106 valence electrons. The van der Waals surface area contributed by atoms with Crippen LogP contribution in [0.3, 0.4) is 0 Å². The number of likely N-dealkylation sites (N-methyl/N-ethyl adjacent to an activating group) is 1. The average molecular weight is 312 g/mol. The molecule has 1 aromatic carbocycles. The highest BCUT2D eigenvalue weighted by molar-refractivity contribution is 7.80.